The quantitative estimate of drug-likeness (QED) is 0.352. The fraction of sp³-hybridized carbons (Fsp3) is 0.190. The standard InChI is InChI=1S/C21H20BrClFNO2S/c1-3-19(28(26,27)20-9-7-17(22)8-10-20)11-15(2)14-25-21(23)13-16-5-4-6-18(24)12-16/h3-12H,13-14H2,1-2H3/b15-11-,19-3+,25-21+. The zero-order valence-electron chi connectivity index (χ0n) is 15.5. The third-order valence-electron chi connectivity index (χ3n) is 3.85. The van der Waals surface area contributed by atoms with E-state index in [0.29, 0.717) is 11.6 Å². The molecule has 0 atom stereocenters. The normalized spacial score (nSPS) is 13.7. The number of rotatable bonds is 7. The van der Waals surface area contributed by atoms with Crippen LogP contribution in [0.15, 0.2) is 85.5 Å². The molecule has 0 saturated heterocycles. The maximum atomic E-state index is 13.2. The van der Waals surface area contributed by atoms with E-state index in [0.717, 1.165) is 15.6 Å². The molecule has 0 aromatic heterocycles. The van der Waals surface area contributed by atoms with Crippen molar-refractivity contribution in [1.29, 1.82) is 0 Å². The molecule has 2 rings (SSSR count). The topological polar surface area (TPSA) is 46.5 Å². The van der Waals surface area contributed by atoms with Crippen LogP contribution in [0, 0.1) is 5.82 Å². The predicted octanol–water partition coefficient (Wildman–Crippen LogP) is 6.09. The summed E-state index contributed by atoms with van der Waals surface area (Å²) in [7, 11) is -3.61. The summed E-state index contributed by atoms with van der Waals surface area (Å²) < 4.78 is 39.6. The second-order valence-corrected chi connectivity index (χ2v) is 9.44. The van der Waals surface area contributed by atoms with Crippen molar-refractivity contribution in [2.45, 2.75) is 25.2 Å². The van der Waals surface area contributed by atoms with Crippen LogP contribution in [0.3, 0.4) is 0 Å². The van der Waals surface area contributed by atoms with Crippen molar-refractivity contribution in [3.8, 4) is 0 Å². The number of halogens is 3. The number of hydrogen-bond acceptors (Lipinski definition) is 3. The first-order chi connectivity index (χ1) is 13.2. The predicted molar refractivity (Wildman–Crippen MR) is 117 cm³/mol. The van der Waals surface area contributed by atoms with Crippen molar-refractivity contribution in [2.24, 2.45) is 4.99 Å². The van der Waals surface area contributed by atoms with Gasteiger partial charge in [0.2, 0.25) is 9.84 Å². The first-order valence-corrected chi connectivity index (χ1v) is 11.1. The van der Waals surface area contributed by atoms with E-state index in [-0.39, 0.29) is 22.2 Å². The smallest absolute Gasteiger partial charge is 0.206 e. The number of aliphatic imine (C=N–C) groups is 1. The van der Waals surface area contributed by atoms with Gasteiger partial charge in [0.15, 0.2) is 0 Å². The molecule has 7 heteroatoms. The summed E-state index contributed by atoms with van der Waals surface area (Å²) in [6.07, 6.45) is 3.46. The molecule has 0 unspecified atom stereocenters. The molecule has 0 N–H and O–H groups in total. The molecule has 0 amide bonds. The Hall–Kier alpha value is -1.76. The molecule has 148 valence electrons. The van der Waals surface area contributed by atoms with Crippen molar-refractivity contribution in [3.63, 3.8) is 0 Å². The molecule has 0 saturated carbocycles. The molecule has 0 radical (unpaired) electrons. The van der Waals surface area contributed by atoms with Crippen LogP contribution >= 0.6 is 27.5 Å². The molecule has 0 aliphatic rings. The van der Waals surface area contributed by atoms with Crippen LogP contribution in [0.2, 0.25) is 0 Å². The Balaban J connectivity index is 2.12. The van der Waals surface area contributed by atoms with E-state index in [9.17, 15) is 12.8 Å². The van der Waals surface area contributed by atoms with Crippen LogP contribution in [0.1, 0.15) is 19.4 Å². The van der Waals surface area contributed by atoms with Gasteiger partial charge in [0.05, 0.1) is 16.3 Å². The fourth-order valence-corrected chi connectivity index (χ4v) is 4.35. The number of allylic oxidation sites excluding steroid dienone is 2. The average molecular weight is 485 g/mol. The minimum atomic E-state index is -3.61. The van der Waals surface area contributed by atoms with Crippen LogP contribution in [0.4, 0.5) is 4.39 Å². The average Bonchev–Trinajstić information content (AvgIpc) is 2.64. The van der Waals surface area contributed by atoms with Gasteiger partial charge in [-0.2, -0.15) is 0 Å². The lowest BCUT2D eigenvalue weighted by Gasteiger charge is -2.07. The molecule has 28 heavy (non-hydrogen) atoms. The number of sulfone groups is 1. The summed E-state index contributed by atoms with van der Waals surface area (Å²) in [5, 5.41) is 0.330. The summed E-state index contributed by atoms with van der Waals surface area (Å²) in [6, 6.07) is 12.6. The number of nitrogens with zero attached hydrogens (tertiary/aromatic N) is 1. The van der Waals surface area contributed by atoms with Crippen molar-refractivity contribution in [1.82, 2.24) is 0 Å². The molecule has 0 spiro atoms. The Bertz CT molecular complexity index is 1030. The summed E-state index contributed by atoms with van der Waals surface area (Å²) in [6.45, 7) is 3.72. The van der Waals surface area contributed by atoms with Crippen molar-refractivity contribution >= 4 is 42.5 Å². The van der Waals surface area contributed by atoms with E-state index < -0.39 is 9.84 Å². The Morgan fingerprint density at radius 2 is 1.89 bits per heavy atom. The van der Waals surface area contributed by atoms with Gasteiger partial charge in [0.1, 0.15) is 11.0 Å². The highest BCUT2D eigenvalue weighted by atomic mass is 79.9. The zero-order chi connectivity index (χ0) is 20.7. The van der Waals surface area contributed by atoms with Crippen LogP contribution in [-0.4, -0.2) is 20.1 Å². The first kappa shape index (κ1) is 22.5. The number of hydrogen-bond donors (Lipinski definition) is 0. The molecule has 2 aromatic carbocycles. The minimum Gasteiger partial charge on any atom is -0.273 e. The van der Waals surface area contributed by atoms with E-state index in [1.807, 2.05) is 0 Å². The molecular weight excluding hydrogens is 465 g/mol. The summed E-state index contributed by atoms with van der Waals surface area (Å²) >= 11 is 9.44. The van der Waals surface area contributed by atoms with Crippen molar-refractivity contribution in [2.75, 3.05) is 6.54 Å². The molecule has 0 heterocycles. The Morgan fingerprint density at radius 3 is 2.50 bits per heavy atom. The van der Waals surface area contributed by atoms with Gasteiger partial charge in [-0.15, -0.1) is 0 Å². The van der Waals surface area contributed by atoms with Gasteiger partial charge in [-0.25, -0.2) is 12.8 Å². The highest BCUT2D eigenvalue weighted by Crippen LogP contribution is 2.23. The lowest BCUT2D eigenvalue weighted by atomic mass is 10.1. The van der Waals surface area contributed by atoms with Crippen LogP contribution < -0.4 is 0 Å². The van der Waals surface area contributed by atoms with Gasteiger partial charge in [0, 0.05) is 10.9 Å². The third kappa shape index (κ3) is 6.40. The maximum absolute atomic E-state index is 13.2. The monoisotopic (exact) mass is 483 g/mol. The van der Waals surface area contributed by atoms with E-state index in [1.165, 1.54) is 12.1 Å². The summed E-state index contributed by atoms with van der Waals surface area (Å²) in [4.78, 5) is 4.69. The lowest BCUT2D eigenvalue weighted by molar-refractivity contribution is 0.602. The van der Waals surface area contributed by atoms with E-state index >= 15 is 0 Å². The van der Waals surface area contributed by atoms with E-state index in [1.54, 1.807) is 62.4 Å². The fourth-order valence-electron chi connectivity index (χ4n) is 2.44. The summed E-state index contributed by atoms with van der Waals surface area (Å²) in [5.41, 5.74) is 1.47. The van der Waals surface area contributed by atoms with Crippen LogP contribution in [-0.2, 0) is 16.3 Å². The van der Waals surface area contributed by atoms with E-state index in [4.69, 9.17) is 11.6 Å². The van der Waals surface area contributed by atoms with Crippen molar-refractivity contribution < 1.29 is 12.8 Å². The zero-order valence-corrected chi connectivity index (χ0v) is 18.7. The Kier molecular flexibility index (Phi) is 8.16. The molecule has 2 aromatic rings. The van der Waals surface area contributed by atoms with Crippen molar-refractivity contribution in [3.05, 3.63) is 87.0 Å². The Labute approximate surface area is 178 Å². The Morgan fingerprint density at radius 1 is 1.21 bits per heavy atom. The van der Waals surface area contributed by atoms with Gasteiger partial charge in [-0.3, -0.25) is 4.99 Å². The molecule has 0 aliphatic carbocycles. The van der Waals surface area contributed by atoms with E-state index in [2.05, 4.69) is 20.9 Å². The highest BCUT2D eigenvalue weighted by molar-refractivity contribution is 9.10. The summed E-state index contributed by atoms with van der Waals surface area (Å²) in [5.74, 6) is -0.325. The van der Waals surface area contributed by atoms with Gasteiger partial charge in [0.25, 0.3) is 0 Å². The molecular formula is C21H20BrClFNO2S. The lowest BCUT2D eigenvalue weighted by Crippen LogP contribution is -2.04. The molecule has 0 bridgehead atoms. The van der Waals surface area contributed by atoms with Gasteiger partial charge in [-0.1, -0.05) is 51.3 Å². The second kappa shape index (κ2) is 10.1. The SMILES string of the molecule is C/C=C(\C=C(\C)C/N=C(/Cl)Cc1cccc(F)c1)S(=O)(=O)c1ccc(Br)cc1. The van der Waals surface area contributed by atoms with Gasteiger partial charge >= 0.3 is 0 Å². The largest absolute Gasteiger partial charge is 0.273 e. The minimum absolute atomic E-state index is 0.198. The molecule has 0 fully saturated rings. The van der Waals surface area contributed by atoms with Gasteiger partial charge < -0.3 is 0 Å². The third-order valence-corrected chi connectivity index (χ3v) is 6.50. The maximum Gasteiger partial charge on any atom is 0.206 e. The van der Waals surface area contributed by atoms with Crippen LogP contribution in [0.5, 0.6) is 0 Å². The highest BCUT2D eigenvalue weighted by Gasteiger charge is 2.18. The van der Waals surface area contributed by atoms with Crippen LogP contribution in [0.25, 0.3) is 0 Å². The second-order valence-electron chi connectivity index (χ2n) is 6.14. The molecule has 3 nitrogen and oxygen atoms in total. The molecule has 0 aliphatic heterocycles. The number of benzene rings is 2. The van der Waals surface area contributed by atoms with Gasteiger partial charge in [-0.05, 0) is 61.9 Å². The first-order valence-electron chi connectivity index (χ1n) is 8.50.